The second-order valence-corrected chi connectivity index (χ2v) is 6.44. The molecule has 1 aromatic carbocycles. The first-order valence-electron chi connectivity index (χ1n) is 8.96. The summed E-state index contributed by atoms with van der Waals surface area (Å²) in [5.41, 5.74) is 1.12. The van der Waals surface area contributed by atoms with Crippen molar-refractivity contribution in [2.75, 3.05) is 27.9 Å². The molecule has 6 nitrogen and oxygen atoms in total. The summed E-state index contributed by atoms with van der Waals surface area (Å²) in [7, 11) is 5.13. The van der Waals surface area contributed by atoms with E-state index in [1.165, 1.54) is 12.8 Å². The number of hydrogen-bond acceptors (Lipinski definition) is 4. The van der Waals surface area contributed by atoms with Crippen molar-refractivity contribution in [1.82, 2.24) is 10.6 Å². The van der Waals surface area contributed by atoms with Gasteiger partial charge in [-0.3, -0.25) is 4.99 Å². The molecule has 1 atom stereocenters. The van der Waals surface area contributed by atoms with Crippen LogP contribution in [-0.2, 0) is 11.3 Å². The highest BCUT2D eigenvalue weighted by atomic mass is 16.5. The summed E-state index contributed by atoms with van der Waals surface area (Å²) >= 11 is 0. The average molecular weight is 349 g/mol. The summed E-state index contributed by atoms with van der Waals surface area (Å²) in [6.45, 7) is 3.34. The Balaban J connectivity index is 1.96. The third-order valence-corrected chi connectivity index (χ3v) is 4.31. The maximum Gasteiger partial charge on any atom is 0.191 e. The van der Waals surface area contributed by atoms with E-state index in [0.717, 1.165) is 35.9 Å². The van der Waals surface area contributed by atoms with Gasteiger partial charge in [0.05, 0.1) is 19.8 Å². The lowest BCUT2D eigenvalue weighted by Gasteiger charge is -2.19. The van der Waals surface area contributed by atoms with Crippen LogP contribution >= 0.6 is 0 Å². The van der Waals surface area contributed by atoms with E-state index < -0.39 is 0 Å². The highest BCUT2D eigenvalue weighted by molar-refractivity contribution is 5.79. The minimum Gasteiger partial charge on any atom is -0.493 e. The number of methoxy groups -OCH3 is 2. The SMILES string of the molecule is CN=C(NCc1ccc(OC)c(OC2CCCC2)c1)NC(C)COC. The monoisotopic (exact) mass is 349 g/mol. The van der Waals surface area contributed by atoms with E-state index in [0.29, 0.717) is 19.3 Å². The Morgan fingerprint density at radius 1 is 1.24 bits per heavy atom. The van der Waals surface area contributed by atoms with E-state index in [1.807, 2.05) is 12.1 Å². The van der Waals surface area contributed by atoms with Crippen molar-refractivity contribution in [3.8, 4) is 11.5 Å². The molecular weight excluding hydrogens is 318 g/mol. The first kappa shape index (κ1) is 19.4. The van der Waals surface area contributed by atoms with Gasteiger partial charge in [-0.05, 0) is 50.3 Å². The van der Waals surface area contributed by atoms with Gasteiger partial charge in [0.2, 0.25) is 0 Å². The Kier molecular flexibility index (Phi) is 7.85. The molecule has 0 aliphatic heterocycles. The summed E-state index contributed by atoms with van der Waals surface area (Å²) < 4.78 is 16.7. The number of rotatable bonds is 8. The lowest BCUT2D eigenvalue weighted by atomic mass is 10.2. The van der Waals surface area contributed by atoms with Gasteiger partial charge < -0.3 is 24.8 Å². The molecule has 0 radical (unpaired) electrons. The van der Waals surface area contributed by atoms with Crippen LogP contribution in [0.25, 0.3) is 0 Å². The summed E-state index contributed by atoms with van der Waals surface area (Å²) in [5, 5.41) is 6.61. The van der Waals surface area contributed by atoms with Crippen molar-refractivity contribution < 1.29 is 14.2 Å². The molecule has 0 amide bonds. The van der Waals surface area contributed by atoms with E-state index in [1.54, 1.807) is 21.3 Å². The summed E-state index contributed by atoms with van der Waals surface area (Å²) in [5.74, 6) is 2.36. The molecule has 0 spiro atoms. The van der Waals surface area contributed by atoms with Crippen LogP contribution in [0.4, 0.5) is 0 Å². The Morgan fingerprint density at radius 3 is 2.64 bits per heavy atom. The number of nitrogens with zero attached hydrogens (tertiary/aromatic N) is 1. The van der Waals surface area contributed by atoms with E-state index in [4.69, 9.17) is 14.2 Å². The molecule has 25 heavy (non-hydrogen) atoms. The van der Waals surface area contributed by atoms with Crippen LogP contribution in [0.1, 0.15) is 38.2 Å². The van der Waals surface area contributed by atoms with Crippen LogP contribution < -0.4 is 20.1 Å². The van der Waals surface area contributed by atoms with Crippen LogP contribution in [-0.4, -0.2) is 46.0 Å². The van der Waals surface area contributed by atoms with E-state index >= 15 is 0 Å². The standard InChI is InChI=1S/C19H31N3O3/c1-14(13-23-3)22-19(20-2)21-12-15-9-10-17(24-4)18(11-15)25-16-7-5-6-8-16/h9-11,14,16H,5-8,12-13H2,1-4H3,(H2,20,21,22). The normalized spacial score (nSPS) is 16.6. The summed E-state index contributed by atoms with van der Waals surface area (Å²) in [4.78, 5) is 4.25. The zero-order chi connectivity index (χ0) is 18.1. The Bertz CT molecular complexity index is 557. The Morgan fingerprint density at radius 2 is 2.00 bits per heavy atom. The molecule has 1 unspecified atom stereocenters. The molecule has 0 aromatic heterocycles. The van der Waals surface area contributed by atoms with Gasteiger partial charge in [-0.2, -0.15) is 0 Å². The van der Waals surface area contributed by atoms with Gasteiger partial charge in [0.25, 0.3) is 0 Å². The molecule has 2 rings (SSSR count). The van der Waals surface area contributed by atoms with Gasteiger partial charge >= 0.3 is 0 Å². The van der Waals surface area contributed by atoms with Crippen LogP contribution in [0.2, 0.25) is 0 Å². The number of aliphatic imine (C=N–C) groups is 1. The molecule has 140 valence electrons. The molecule has 1 fully saturated rings. The van der Waals surface area contributed by atoms with Gasteiger partial charge in [-0.1, -0.05) is 6.07 Å². The first-order chi connectivity index (χ1) is 12.2. The third kappa shape index (κ3) is 6.12. The molecule has 6 heteroatoms. The van der Waals surface area contributed by atoms with Gasteiger partial charge in [0.1, 0.15) is 0 Å². The van der Waals surface area contributed by atoms with Crippen molar-refractivity contribution in [2.24, 2.45) is 4.99 Å². The molecule has 0 bridgehead atoms. The number of hydrogen-bond donors (Lipinski definition) is 2. The minimum atomic E-state index is 0.188. The summed E-state index contributed by atoms with van der Waals surface area (Å²) in [6, 6.07) is 6.24. The topological polar surface area (TPSA) is 64.1 Å². The highest BCUT2D eigenvalue weighted by Gasteiger charge is 2.18. The maximum absolute atomic E-state index is 6.15. The van der Waals surface area contributed by atoms with Gasteiger partial charge in [0.15, 0.2) is 17.5 Å². The van der Waals surface area contributed by atoms with Crippen molar-refractivity contribution in [3.63, 3.8) is 0 Å². The zero-order valence-corrected chi connectivity index (χ0v) is 15.8. The lowest BCUT2D eigenvalue weighted by molar-refractivity contribution is 0.179. The van der Waals surface area contributed by atoms with E-state index in [9.17, 15) is 0 Å². The zero-order valence-electron chi connectivity index (χ0n) is 15.8. The van der Waals surface area contributed by atoms with E-state index in [-0.39, 0.29) is 6.04 Å². The van der Waals surface area contributed by atoms with Crippen molar-refractivity contribution >= 4 is 5.96 Å². The third-order valence-electron chi connectivity index (χ3n) is 4.31. The van der Waals surface area contributed by atoms with Gasteiger partial charge in [-0.15, -0.1) is 0 Å². The molecule has 0 saturated heterocycles. The number of guanidine groups is 1. The Hall–Kier alpha value is -1.95. The predicted molar refractivity (Wildman–Crippen MR) is 101 cm³/mol. The highest BCUT2D eigenvalue weighted by Crippen LogP contribution is 2.32. The van der Waals surface area contributed by atoms with Crippen LogP contribution in [0.5, 0.6) is 11.5 Å². The number of nitrogens with one attached hydrogen (secondary N) is 2. The average Bonchev–Trinajstić information content (AvgIpc) is 3.12. The predicted octanol–water partition coefficient (Wildman–Crippen LogP) is 2.72. The molecule has 1 saturated carbocycles. The molecule has 2 N–H and O–H groups in total. The minimum absolute atomic E-state index is 0.188. The molecule has 0 heterocycles. The van der Waals surface area contributed by atoms with Crippen molar-refractivity contribution in [1.29, 1.82) is 0 Å². The first-order valence-corrected chi connectivity index (χ1v) is 8.96. The van der Waals surface area contributed by atoms with Gasteiger partial charge in [0, 0.05) is 26.7 Å². The lowest BCUT2D eigenvalue weighted by Crippen LogP contribution is -2.43. The van der Waals surface area contributed by atoms with Crippen LogP contribution in [0.3, 0.4) is 0 Å². The van der Waals surface area contributed by atoms with Crippen molar-refractivity contribution in [3.05, 3.63) is 23.8 Å². The fourth-order valence-electron chi connectivity index (χ4n) is 3.01. The number of benzene rings is 1. The maximum atomic E-state index is 6.15. The largest absolute Gasteiger partial charge is 0.493 e. The van der Waals surface area contributed by atoms with Crippen LogP contribution in [0, 0.1) is 0 Å². The van der Waals surface area contributed by atoms with Crippen molar-refractivity contribution in [2.45, 2.75) is 51.3 Å². The van der Waals surface area contributed by atoms with Crippen LogP contribution in [0.15, 0.2) is 23.2 Å². The molecule has 1 aliphatic rings. The fraction of sp³-hybridized carbons (Fsp3) is 0.632. The second-order valence-electron chi connectivity index (χ2n) is 6.44. The van der Waals surface area contributed by atoms with Gasteiger partial charge in [-0.25, -0.2) is 0 Å². The van der Waals surface area contributed by atoms with E-state index in [2.05, 4.69) is 28.6 Å². The second kappa shape index (κ2) is 10.1. The quantitative estimate of drug-likeness (QED) is 0.558. The smallest absolute Gasteiger partial charge is 0.191 e. The Labute approximate surface area is 151 Å². The number of ether oxygens (including phenoxy) is 3. The molecule has 1 aromatic rings. The molecule has 1 aliphatic carbocycles. The summed E-state index contributed by atoms with van der Waals surface area (Å²) in [6.07, 6.45) is 5.05. The molecular formula is C19H31N3O3. The fourth-order valence-corrected chi connectivity index (χ4v) is 3.01.